The van der Waals surface area contributed by atoms with Gasteiger partial charge in [0.15, 0.2) is 0 Å². The summed E-state index contributed by atoms with van der Waals surface area (Å²) in [5, 5.41) is 0. The van der Waals surface area contributed by atoms with E-state index in [0.717, 1.165) is 10.0 Å². The number of nitrogen functional groups attached to an aromatic ring is 1. The molecule has 2 N–H and O–H groups in total. The molecule has 20 heavy (non-hydrogen) atoms. The zero-order chi connectivity index (χ0) is 14.7. The van der Waals surface area contributed by atoms with E-state index in [1.54, 1.807) is 13.2 Å². The average Bonchev–Trinajstić information content (AvgIpc) is 2.37. The summed E-state index contributed by atoms with van der Waals surface area (Å²) in [6, 6.07) is 9.41. The first-order chi connectivity index (χ1) is 9.49. The lowest BCUT2D eigenvalue weighted by atomic mass is 10.2. The molecular weight excluding hydrogens is 345 g/mol. The highest BCUT2D eigenvalue weighted by Gasteiger charge is 2.09. The summed E-state index contributed by atoms with van der Waals surface area (Å²) in [6.07, 6.45) is 0. The van der Waals surface area contributed by atoms with Crippen molar-refractivity contribution in [3.8, 4) is 5.75 Å². The van der Waals surface area contributed by atoms with E-state index in [1.165, 1.54) is 18.2 Å². The zero-order valence-electron chi connectivity index (χ0n) is 10.7. The van der Waals surface area contributed by atoms with Gasteiger partial charge in [-0.25, -0.2) is 4.39 Å². The predicted octanol–water partition coefficient (Wildman–Crippen LogP) is 3.49. The van der Waals surface area contributed by atoms with Crippen molar-refractivity contribution in [2.24, 2.45) is 0 Å². The van der Waals surface area contributed by atoms with Gasteiger partial charge in [0.1, 0.15) is 11.6 Å². The van der Waals surface area contributed by atoms with Crippen LogP contribution in [0.2, 0.25) is 0 Å². The Hall–Kier alpha value is -1.40. The van der Waals surface area contributed by atoms with Crippen molar-refractivity contribution in [2.45, 2.75) is 10.6 Å². The fourth-order valence-electron chi connectivity index (χ4n) is 1.75. The maximum Gasteiger partial charge on any atom is 0.133 e. The molecule has 0 fully saturated rings. The molecule has 0 aromatic heterocycles. The topological polar surface area (TPSA) is 52.3 Å². The summed E-state index contributed by atoms with van der Waals surface area (Å²) in [6.45, 7) is 0. The molecule has 0 aliphatic rings. The van der Waals surface area contributed by atoms with Crippen LogP contribution >= 0.6 is 15.9 Å². The van der Waals surface area contributed by atoms with E-state index in [-0.39, 0.29) is 11.4 Å². The van der Waals surface area contributed by atoms with Crippen LogP contribution in [0, 0.1) is 5.82 Å². The third-order valence-corrected chi connectivity index (χ3v) is 4.65. The van der Waals surface area contributed by atoms with Gasteiger partial charge < -0.3 is 10.5 Å². The molecule has 6 heteroatoms. The molecule has 0 spiro atoms. The van der Waals surface area contributed by atoms with Gasteiger partial charge in [0.2, 0.25) is 0 Å². The predicted molar refractivity (Wildman–Crippen MR) is 81.6 cm³/mol. The van der Waals surface area contributed by atoms with Crippen LogP contribution in [-0.4, -0.2) is 11.3 Å². The van der Waals surface area contributed by atoms with Gasteiger partial charge in [0.25, 0.3) is 0 Å². The minimum absolute atomic E-state index is 0.268. The maximum absolute atomic E-state index is 13.3. The average molecular weight is 358 g/mol. The number of hydrogen-bond acceptors (Lipinski definition) is 3. The highest BCUT2D eigenvalue weighted by molar-refractivity contribution is 9.10. The molecule has 3 nitrogen and oxygen atoms in total. The summed E-state index contributed by atoms with van der Waals surface area (Å²) in [5.41, 5.74) is 6.68. The van der Waals surface area contributed by atoms with Gasteiger partial charge in [-0.1, -0.05) is 6.07 Å². The molecule has 2 rings (SSSR count). The van der Waals surface area contributed by atoms with Crippen molar-refractivity contribution in [3.63, 3.8) is 0 Å². The van der Waals surface area contributed by atoms with E-state index < -0.39 is 16.6 Å². The Morgan fingerprint density at radius 3 is 2.65 bits per heavy atom. The van der Waals surface area contributed by atoms with Crippen molar-refractivity contribution in [1.82, 2.24) is 0 Å². The van der Waals surface area contributed by atoms with E-state index in [2.05, 4.69) is 15.9 Å². The molecular formula is C14H13BrFNO2S. The van der Waals surface area contributed by atoms with Gasteiger partial charge in [0, 0.05) is 10.6 Å². The number of benzene rings is 2. The third-order valence-electron chi connectivity index (χ3n) is 2.67. The summed E-state index contributed by atoms with van der Waals surface area (Å²) >= 11 is 3.37. The molecule has 106 valence electrons. The van der Waals surface area contributed by atoms with Gasteiger partial charge in [-0.15, -0.1) is 0 Å². The molecule has 2 aromatic rings. The molecule has 0 saturated heterocycles. The summed E-state index contributed by atoms with van der Waals surface area (Å²) in [4.78, 5) is 0.384. The van der Waals surface area contributed by atoms with Crippen LogP contribution in [0.5, 0.6) is 5.75 Å². The van der Waals surface area contributed by atoms with Crippen LogP contribution in [0.25, 0.3) is 0 Å². The van der Waals surface area contributed by atoms with Crippen LogP contribution in [0.4, 0.5) is 10.1 Å². The standard InChI is InChI=1S/C14H13BrFNO2S/c1-19-14-3-2-9(4-13(14)15)8-20(18)12-6-10(16)5-11(17)7-12/h2-7H,8,17H2,1H3. The minimum Gasteiger partial charge on any atom is -0.496 e. The Kier molecular flexibility index (Phi) is 4.77. The van der Waals surface area contributed by atoms with Crippen LogP contribution in [-0.2, 0) is 16.6 Å². The molecule has 0 amide bonds. The van der Waals surface area contributed by atoms with E-state index in [4.69, 9.17) is 10.5 Å². The van der Waals surface area contributed by atoms with Gasteiger partial charge in [-0.2, -0.15) is 0 Å². The first kappa shape index (κ1) is 15.0. The first-order valence-electron chi connectivity index (χ1n) is 5.76. The van der Waals surface area contributed by atoms with E-state index in [0.29, 0.717) is 10.6 Å². The monoisotopic (exact) mass is 357 g/mol. The molecule has 0 aliphatic carbocycles. The second-order valence-electron chi connectivity index (χ2n) is 4.18. The minimum atomic E-state index is -1.35. The second kappa shape index (κ2) is 6.37. The van der Waals surface area contributed by atoms with E-state index in [1.807, 2.05) is 12.1 Å². The molecule has 0 radical (unpaired) electrons. The lowest BCUT2D eigenvalue weighted by Crippen LogP contribution is -1.99. The second-order valence-corrected chi connectivity index (χ2v) is 6.48. The smallest absolute Gasteiger partial charge is 0.133 e. The largest absolute Gasteiger partial charge is 0.496 e. The van der Waals surface area contributed by atoms with E-state index in [9.17, 15) is 8.60 Å². The fraction of sp³-hybridized carbons (Fsp3) is 0.143. The Morgan fingerprint density at radius 2 is 2.05 bits per heavy atom. The van der Waals surface area contributed by atoms with Crippen LogP contribution in [0.3, 0.4) is 0 Å². The Morgan fingerprint density at radius 1 is 1.30 bits per heavy atom. The molecule has 1 unspecified atom stereocenters. The normalized spacial score (nSPS) is 12.2. The van der Waals surface area contributed by atoms with Gasteiger partial charge in [-0.3, -0.25) is 4.21 Å². The fourth-order valence-corrected chi connectivity index (χ4v) is 3.50. The third kappa shape index (κ3) is 3.58. The summed E-state index contributed by atoms with van der Waals surface area (Å²) in [5.74, 6) is 0.504. The molecule has 1 atom stereocenters. The Bertz CT molecular complexity index is 643. The number of methoxy groups -OCH3 is 1. The van der Waals surface area contributed by atoms with Gasteiger partial charge in [0.05, 0.1) is 28.1 Å². The quantitative estimate of drug-likeness (QED) is 0.852. The highest BCUT2D eigenvalue weighted by atomic mass is 79.9. The number of halogens is 2. The molecule has 0 bridgehead atoms. The van der Waals surface area contributed by atoms with Crippen LogP contribution < -0.4 is 10.5 Å². The highest BCUT2D eigenvalue weighted by Crippen LogP contribution is 2.27. The van der Waals surface area contributed by atoms with Crippen molar-refractivity contribution in [2.75, 3.05) is 12.8 Å². The number of anilines is 1. The lowest BCUT2D eigenvalue weighted by Gasteiger charge is -2.07. The molecule has 0 aliphatic heterocycles. The zero-order valence-corrected chi connectivity index (χ0v) is 13.1. The molecule has 2 aromatic carbocycles. The molecule has 0 saturated carbocycles. The number of ether oxygens (including phenoxy) is 1. The Labute approximate surface area is 127 Å². The lowest BCUT2D eigenvalue weighted by molar-refractivity contribution is 0.412. The van der Waals surface area contributed by atoms with Crippen molar-refractivity contribution in [3.05, 3.63) is 52.3 Å². The first-order valence-corrected chi connectivity index (χ1v) is 7.87. The van der Waals surface area contributed by atoms with Gasteiger partial charge in [-0.05, 0) is 51.8 Å². The summed E-state index contributed by atoms with van der Waals surface area (Å²) in [7, 11) is 0.223. The van der Waals surface area contributed by atoms with Crippen LogP contribution in [0.1, 0.15) is 5.56 Å². The van der Waals surface area contributed by atoms with E-state index >= 15 is 0 Å². The van der Waals surface area contributed by atoms with Crippen LogP contribution in [0.15, 0.2) is 45.8 Å². The number of hydrogen-bond donors (Lipinski definition) is 1. The number of nitrogens with two attached hydrogens (primary N) is 1. The van der Waals surface area contributed by atoms with Crippen molar-refractivity contribution < 1.29 is 13.3 Å². The Balaban J connectivity index is 2.21. The number of rotatable bonds is 4. The molecule has 0 heterocycles. The van der Waals surface area contributed by atoms with Crippen molar-refractivity contribution in [1.29, 1.82) is 0 Å². The maximum atomic E-state index is 13.3. The van der Waals surface area contributed by atoms with Gasteiger partial charge >= 0.3 is 0 Å². The summed E-state index contributed by atoms with van der Waals surface area (Å²) < 4.78 is 31.4. The SMILES string of the molecule is COc1ccc(CS(=O)c2cc(N)cc(F)c2)cc1Br. The van der Waals surface area contributed by atoms with Crippen molar-refractivity contribution >= 4 is 32.4 Å².